The van der Waals surface area contributed by atoms with Crippen LogP contribution in [0.2, 0.25) is 10.0 Å². The second-order valence-electron chi connectivity index (χ2n) is 22.6. The number of ketones is 1. The first-order valence-corrected chi connectivity index (χ1v) is 31.9. The smallest absolute Gasteiger partial charge is 0.328 e. The molecule has 0 spiro atoms. The fourth-order valence-corrected chi connectivity index (χ4v) is 11.4. The van der Waals surface area contributed by atoms with Gasteiger partial charge in [-0.1, -0.05) is 53.6 Å². The number of aryl methyl sites for hydroxylation is 1. The van der Waals surface area contributed by atoms with Crippen molar-refractivity contribution in [1.82, 2.24) is 34.6 Å². The van der Waals surface area contributed by atoms with Crippen LogP contribution in [-0.2, 0) is 34.0 Å². The predicted octanol–water partition coefficient (Wildman–Crippen LogP) is 14.7. The van der Waals surface area contributed by atoms with Crippen LogP contribution in [0.4, 0.5) is 28.4 Å². The van der Waals surface area contributed by atoms with Crippen LogP contribution in [0.25, 0.3) is 21.8 Å². The summed E-state index contributed by atoms with van der Waals surface area (Å²) in [7, 11) is 6.15. The van der Waals surface area contributed by atoms with E-state index in [2.05, 4.69) is 71.5 Å². The zero-order chi connectivity index (χ0) is 67.1. The van der Waals surface area contributed by atoms with Crippen LogP contribution in [-0.4, -0.2) is 122 Å². The van der Waals surface area contributed by atoms with Crippen molar-refractivity contribution < 1.29 is 33.7 Å². The van der Waals surface area contributed by atoms with E-state index in [1.54, 1.807) is 55.0 Å². The van der Waals surface area contributed by atoms with Crippen LogP contribution < -0.4 is 30.6 Å². The Morgan fingerprint density at radius 3 is 1.54 bits per heavy atom. The number of aromatic nitrogens is 4. The number of nitrogens with two attached hydrogens (primary N) is 1. The predicted molar refractivity (Wildman–Crippen MR) is 387 cm³/mol. The lowest BCUT2D eigenvalue weighted by Gasteiger charge is -2.16. The minimum Gasteiger partial charge on any atom is -0.494 e. The number of fused-ring (bicyclic) bond motifs is 2. The summed E-state index contributed by atoms with van der Waals surface area (Å²) >= 11 is 18.1. The molecule has 7 heterocycles. The van der Waals surface area contributed by atoms with Crippen LogP contribution in [0.15, 0.2) is 158 Å². The molecule has 3 saturated heterocycles. The molecule has 19 nitrogen and oxygen atoms in total. The summed E-state index contributed by atoms with van der Waals surface area (Å²) in [5.41, 5.74) is 14.7. The molecular weight excluding hydrogens is 1380 g/mol. The van der Waals surface area contributed by atoms with Gasteiger partial charge in [0.15, 0.2) is 5.78 Å². The summed E-state index contributed by atoms with van der Waals surface area (Å²) in [5.74, 6) is 0.804. The number of rotatable bonds is 20. The lowest BCUT2D eigenvalue weighted by molar-refractivity contribution is -0.131. The summed E-state index contributed by atoms with van der Waals surface area (Å²) in [6.07, 6.45) is 23.4. The Labute approximate surface area is 586 Å². The number of likely N-dealkylation sites (N-methyl/N-ethyl adjacent to an activating group) is 3. The van der Waals surface area contributed by atoms with E-state index >= 15 is 0 Å². The highest BCUT2D eigenvalue weighted by Crippen LogP contribution is 2.38. The molecule has 3 atom stereocenters. The van der Waals surface area contributed by atoms with Gasteiger partial charge in [0.25, 0.3) is 0 Å². The topological polar surface area (TPSA) is 258 Å². The van der Waals surface area contributed by atoms with Gasteiger partial charge < -0.3 is 35.7 Å². The van der Waals surface area contributed by atoms with Crippen molar-refractivity contribution in [2.24, 2.45) is 0 Å². The number of pyridine rings is 4. The fourth-order valence-electron chi connectivity index (χ4n) is 10.8. The SMILES string of the molecule is CCOc1cc2ncc(C#N)c(Nc3ccc(OCc4ccccn4)c(Cl)c3)c2cc1CC(=O)/C=C/[C@H]1CCCN1C.CN1CCC[C@@H]1/C=C/C(=O)Cl.CN1CCC[C@@H]1/C=C/C(=O)O.Cc1cc2ncc(C#N)c(Nc3ccc(OCc4ccccn4)c(Cl)c3)c2cc1N.I. The molecule has 5 N–H and O–H groups in total. The van der Waals surface area contributed by atoms with Crippen molar-refractivity contribution in [3.8, 4) is 29.4 Å². The minimum atomic E-state index is -0.856. The number of carboxylic acids is 1. The first-order chi connectivity index (χ1) is 45.4. The molecule has 0 unspecified atom stereocenters. The van der Waals surface area contributed by atoms with Gasteiger partial charge in [-0.25, -0.2) is 4.79 Å². The summed E-state index contributed by atoms with van der Waals surface area (Å²) in [6, 6.07) is 34.9. The van der Waals surface area contributed by atoms with Gasteiger partial charge in [-0.05, 0) is 201 Å². The largest absolute Gasteiger partial charge is 0.494 e. The molecule has 0 aliphatic carbocycles. The normalized spacial score (nSPS) is 16.2. The summed E-state index contributed by atoms with van der Waals surface area (Å²) < 4.78 is 17.5. The number of halogens is 4. The second-order valence-corrected chi connectivity index (χ2v) is 23.8. The second kappa shape index (κ2) is 36.8. The molecule has 4 aromatic carbocycles. The number of hydrogen-bond donors (Lipinski definition) is 4. The molecule has 11 rings (SSSR count). The molecule has 3 aliphatic rings. The number of benzene rings is 4. The van der Waals surface area contributed by atoms with Crippen LogP contribution in [0.5, 0.6) is 17.2 Å². The molecule has 0 bridgehead atoms. The highest BCUT2D eigenvalue weighted by molar-refractivity contribution is 14.0. The molecule has 4 aromatic heterocycles. The Morgan fingerprint density at radius 2 is 1.12 bits per heavy atom. The van der Waals surface area contributed by atoms with Gasteiger partial charge in [-0.2, -0.15) is 10.5 Å². The van der Waals surface area contributed by atoms with Crippen molar-refractivity contribution >= 4 is 126 Å². The van der Waals surface area contributed by atoms with Gasteiger partial charge in [-0.15, -0.1) is 24.0 Å². The van der Waals surface area contributed by atoms with E-state index in [9.17, 15) is 24.9 Å². The third-order valence-electron chi connectivity index (χ3n) is 16.0. The van der Waals surface area contributed by atoms with E-state index in [-0.39, 0.29) is 54.1 Å². The molecule has 3 fully saturated rings. The summed E-state index contributed by atoms with van der Waals surface area (Å²) in [4.78, 5) is 57.5. The van der Waals surface area contributed by atoms with Gasteiger partial charge in [0.2, 0.25) is 5.24 Å². The van der Waals surface area contributed by atoms with Crippen LogP contribution in [0.3, 0.4) is 0 Å². The number of aliphatic carboxylic acids is 1. The maximum Gasteiger partial charge on any atom is 0.328 e. The van der Waals surface area contributed by atoms with Crippen molar-refractivity contribution in [1.29, 1.82) is 10.5 Å². The Balaban J connectivity index is 0.000000207. The van der Waals surface area contributed by atoms with Gasteiger partial charge in [0.1, 0.15) is 42.6 Å². The number of nitrogens with one attached hydrogen (secondary N) is 2. The van der Waals surface area contributed by atoms with Crippen molar-refractivity contribution in [2.45, 2.75) is 90.1 Å². The Kier molecular flexibility index (Phi) is 28.6. The Hall–Kier alpha value is -8.71. The van der Waals surface area contributed by atoms with Gasteiger partial charge in [0, 0.05) is 94.9 Å². The number of nitrogen functional groups attached to an aromatic ring is 1. The van der Waals surface area contributed by atoms with Crippen LogP contribution >= 0.6 is 58.8 Å². The number of carboxylic acid groups (broad SMARTS) is 1. The molecule has 23 heteroatoms. The molecule has 3 aliphatic heterocycles. The monoisotopic (exact) mass is 1450 g/mol. The number of nitriles is 2. The number of ether oxygens (including phenoxy) is 3. The quantitative estimate of drug-likeness (QED) is 0.0239. The first kappa shape index (κ1) is 73.7. The maximum atomic E-state index is 13.0. The van der Waals surface area contributed by atoms with Crippen LogP contribution in [0, 0.1) is 29.6 Å². The van der Waals surface area contributed by atoms with E-state index in [0.29, 0.717) is 103 Å². The minimum absolute atomic E-state index is 0. The Bertz CT molecular complexity index is 4090. The average Bonchev–Trinajstić information content (AvgIpc) is 1.15. The van der Waals surface area contributed by atoms with Gasteiger partial charge >= 0.3 is 5.97 Å². The standard InChI is InChI=1S/C33H32ClN5O3.C23H18ClN5O.C8H12ClNO.C8H13NO2.HI/c1-3-41-32-18-30-28(16-22(32)15-27(40)11-10-26-8-6-14-39(26)2)33(23(19-35)20-37-30)38-24-9-12-31(29(34)17-24)42-21-25-7-4-5-13-36-25;1-14-8-21-18(10-20(14)26)23(15(11-25)12-28-21)29-16-5-6-22(19(24)9-16)30-13-17-4-2-3-7-27-17;1-10-6-2-3-7(10)4-5-8(9)11;1-9-6-2-3-7(9)4-5-8(10)11;/h4-5,7,9-13,16-18,20,26H,3,6,8,14-15,21H2,1-2H3,(H,37,38);2-10,12H,13,26H2,1H3,(H,28,29);4-5,7H,2-3,6H2,1H3;4-5,7H,2-3,6H2,1H3,(H,10,11);1H/b11-10+;;2*5-4+;/t26-;;2*7-;/m1.11./s1. The van der Waals surface area contributed by atoms with E-state index in [4.69, 9.17) is 59.9 Å². The zero-order valence-electron chi connectivity index (χ0n) is 53.5. The van der Waals surface area contributed by atoms with Crippen molar-refractivity contribution in [3.05, 3.63) is 202 Å². The van der Waals surface area contributed by atoms with Crippen molar-refractivity contribution in [2.75, 3.05) is 63.8 Å². The number of nitrogens with zero attached hydrogens (tertiary/aromatic N) is 9. The number of allylic oxidation sites excluding steroid dienone is 2. The number of anilines is 5. The number of hydrogen-bond acceptors (Lipinski definition) is 18. The average molecular weight is 1450 g/mol. The zero-order valence-corrected chi connectivity index (χ0v) is 58.1. The lowest BCUT2D eigenvalue weighted by Crippen LogP contribution is -2.22. The van der Waals surface area contributed by atoms with Crippen LogP contribution in [0.1, 0.15) is 79.1 Å². The molecule has 0 saturated carbocycles. The third kappa shape index (κ3) is 21.7. The molecular formula is C72H76Cl3IN12O7. The van der Waals surface area contributed by atoms with E-state index < -0.39 is 5.97 Å². The molecule has 0 radical (unpaired) electrons. The fraction of sp³-hybridized carbons (Fsp3) is 0.292. The summed E-state index contributed by atoms with van der Waals surface area (Å²) in [5, 5.41) is 36.4. The highest BCUT2D eigenvalue weighted by Gasteiger charge is 2.22. The lowest BCUT2D eigenvalue weighted by atomic mass is 10.0. The first-order valence-electron chi connectivity index (χ1n) is 30.8. The molecule has 0 amide bonds. The van der Waals surface area contributed by atoms with Gasteiger partial charge in [0.05, 0.1) is 61.6 Å². The number of likely N-dealkylation sites (tertiary alicyclic amines) is 3. The van der Waals surface area contributed by atoms with Gasteiger partial charge in [-0.3, -0.25) is 44.2 Å². The van der Waals surface area contributed by atoms with E-state index in [1.165, 1.54) is 31.2 Å². The third-order valence-corrected chi connectivity index (χ3v) is 16.7. The summed E-state index contributed by atoms with van der Waals surface area (Å²) in [6.45, 7) is 8.11. The number of carbonyl (C=O) groups is 3. The van der Waals surface area contributed by atoms with E-state index in [0.717, 1.165) is 78.7 Å². The van der Waals surface area contributed by atoms with Crippen molar-refractivity contribution in [3.63, 3.8) is 0 Å². The highest BCUT2D eigenvalue weighted by atomic mass is 127. The molecule has 8 aromatic rings. The number of carbonyl (C=O) groups excluding carboxylic acids is 2. The Morgan fingerprint density at radius 1 is 0.642 bits per heavy atom. The van der Waals surface area contributed by atoms with E-state index in [1.807, 2.05) is 106 Å². The maximum absolute atomic E-state index is 13.0. The molecule has 494 valence electrons. The molecule has 95 heavy (non-hydrogen) atoms.